The first-order valence-electron chi connectivity index (χ1n) is 10.5. The molecular weight excluding hydrogens is 354 g/mol. The van der Waals surface area contributed by atoms with Crippen molar-refractivity contribution in [3.8, 4) is 0 Å². The van der Waals surface area contributed by atoms with E-state index >= 15 is 0 Å². The van der Waals surface area contributed by atoms with E-state index in [0.717, 1.165) is 24.8 Å². The fourth-order valence-electron chi connectivity index (χ4n) is 4.16. The smallest absolute Gasteiger partial charge is 0.245 e. The molecule has 1 aromatic carbocycles. The fraction of sp³-hybridized carbons (Fsp3) is 0.591. The summed E-state index contributed by atoms with van der Waals surface area (Å²) in [5, 5.41) is 2.95. The van der Waals surface area contributed by atoms with Crippen molar-refractivity contribution in [1.82, 2.24) is 15.1 Å². The van der Waals surface area contributed by atoms with Crippen LogP contribution < -0.4 is 5.32 Å². The second-order valence-electron chi connectivity index (χ2n) is 7.80. The summed E-state index contributed by atoms with van der Waals surface area (Å²) < 4.78 is 0. The van der Waals surface area contributed by atoms with Crippen molar-refractivity contribution in [2.24, 2.45) is 5.92 Å². The molecule has 0 spiro atoms. The molecule has 3 rings (SSSR count). The highest BCUT2D eigenvalue weighted by Crippen LogP contribution is 2.24. The first-order chi connectivity index (χ1) is 13.6. The minimum atomic E-state index is -0.346. The third-order valence-electron chi connectivity index (χ3n) is 5.78. The van der Waals surface area contributed by atoms with Gasteiger partial charge in [-0.3, -0.25) is 14.4 Å². The lowest BCUT2D eigenvalue weighted by Gasteiger charge is -2.35. The number of hydrogen-bond donors (Lipinski definition) is 1. The zero-order valence-corrected chi connectivity index (χ0v) is 16.7. The molecule has 2 saturated heterocycles. The van der Waals surface area contributed by atoms with Crippen molar-refractivity contribution in [1.29, 1.82) is 0 Å². The van der Waals surface area contributed by atoms with Gasteiger partial charge in [-0.1, -0.05) is 37.3 Å². The summed E-state index contributed by atoms with van der Waals surface area (Å²) in [4.78, 5) is 41.6. The second kappa shape index (κ2) is 9.71. The second-order valence-corrected chi connectivity index (χ2v) is 7.80. The molecule has 0 aromatic heterocycles. The van der Waals surface area contributed by atoms with Gasteiger partial charge in [0.05, 0.1) is 6.42 Å². The average molecular weight is 386 g/mol. The molecule has 2 heterocycles. The maximum absolute atomic E-state index is 13.0. The maximum atomic E-state index is 13.0. The molecule has 6 heteroatoms. The number of piperidine rings is 1. The van der Waals surface area contributed by atoms with Crippen LogP contribution in [0.15, 0.2) is 30.3 Å². The van der Waals surface area contributed by atoms with E-state index in [1.54, 1.807) is 4.90 Å². The summed E-state index contributed by atoms with van der Waals surface area (Å²) in [6.45, 7) is 4.59. The lowest BCUT2D eigenvalue weighted by atomic mass is 9.95. The Balaban J connectivity index is 1.53. The Labute approximate surface area is 167 Å². The normalized spacial score (nSPS) is 20.2. The van der Waals surface area contributed by atoms with E-state index < -0.39 is 0 Å². The van der Waals surface area contributed by atoms with E-state index in [9.17, 15) is 14.4 Å². The Kier molecular flexibility index (Phi) is 7.06. The number of nitrogens with one attached hydrogen (secondary N) is 1. The number of benzene rings is 1. The molecular formula is C22H31N3O3. The third-order valence-corrected chi connectivity index (χ3v) is 5.78. The highest BCUT2D eigenvalue weighted by atomic mass is 16.2. The Hall–Kier alpha value is -2.37. The molecule has 1 unspecified atom stereocenters. The van der Waals surface area contributed by atoms with Crippen LogP contribution in [0.4, 0.5) is 0 Å². The van der Waals surface area contributed by atoms with Crippen LogP contribution in [-0.4, -0.2) is 59.7 Å². The van der Waals surface area contributed by atoms with Crippen molar-refractivity contribution in [3.05, 3.63) is 35.9 Å². The predicted octanol–water partition coefficient (Wildman–Crippen LogP) is 1.98. The van der Waals surface area contributed by atoms with Crippen LogP contribution >= 0.6 is 0 Å². The monoisotopic (exact) mass is 385 g/mol. The number of rotatable bonds is 6. The zero-order valence-electron chi connectivity index (χ0n) is 16.7. The van der Waals surface area contributed by atoms with Crippen molar-refractivity contribution >= 4 is 17.7 Å². The van der Waals surface area contributed by atoms with Crippen molar-refractivity contribution in [3.63, 3.8) is 0 Å². The highest BCUT2D eigenvalue weighted by Gasteiger charge is 2.38. The van der Waals surface area contributed by atoms with Gasteiger partial charge in [-0.05, 0) is 37.7 Å². The first kappa shape index (κ1) is 20.4. The molecule has 1 aromatic rings. The molecule has 152 valence electrons. The molecule has 6 nitrogen and oxygen atoms in total. The molecule has 2 aliphatic rings. The lowest BCUT2D eigenvalue weighted by molar-refractivity contribution is -0.145. The molecule has 0 radical (unpaired) electrons. The van der Waals surface area contributed by atoms with E-state index in [-0.39, 0.29) is 29.7 Å². The number of amides is 3. The van der Waals surface area contributed by atoms with Gasteiger partial charge >= 0.3 is 0 Å². The van der Waals surface area contributed by atoms with Gasteiger partial charge in [-0.15, -0.1) is 0 Å². The van der Waals surface area contributed by atoms with Crippen LogP contribution in [0.25, 0.3) is 0 Å². The number of carbonyl (C=O) groups excluding carboxylic acids is 3. The van der Waals surface area contributed by atoms with Gasteiger partial charge in [-0.25, -0.2) is 0 Å². The van der Waals surface area contributed by atoms with Gasteiger partial charge in [0.25, 0.3) is 0 Å². The third kappa shape index (κ3) is 4.91. The number of nitrogens with zero attached hydrogens (tertiary/aromatic N) is 2. The summed E-state index contributed by atoms with van der Waals surface area (Å²) in [6.07, 6.45) is 4.27. The molecule has 0 aliphatic carbocycles. The highest BCUT2D eigenvalue weighted by molar-refractivity contribution is 5.89. The van der Waals surface area contributed by atoms with E-state index in [4.69, 9.17) is 0 Å². The molecule has 0 saturated carbocycles. The van der Waals surface area contributed by atoms with Crippen LogP contribution in [0.2, 0.25) is 0 Å². The standard InChI is InChI=1S/C22H31N3O3/c1-2-12-23-21(27)18-10-14-24(15-11-18)22(28)19-9-6-13-25(19)20(26)16-17-7-4-3-5-8-17/h3-5,7-8,18-19H,2,6,9-16H2,1H3,(H,23,27). The number of likely N-dealkylation sites (tertiary alicyclic amines) is 2. The van der Waals surface area contributed by atoms with Gasteiger partial charge in [0.2, 0.25) is 17.7 Å². The van der Waals surface area contributed by atoms with E-state index in [1.165, 1.54) is 0 Å². The Morgan fingerprint density at radius 1 is 1.04 bits per heavy atom. The molecule has 3 amide bonds. The molecule has 28 heavy (non-hydrogen) atoms. The quantitative estimate of drug-likeness (QED) is 0.814. The van der Waals surface area contributed by atoms with Crippen LogP contribution in [0.1, 0.15) is 44.6 Å². The Morgan fingerprint density at radius 3 is 2.43 bits per heavy atom. The van der Waals surface area contributed by atoms with Crippen LogP contribution in [-0.2, 0) is 20.8 Å². The topological polar surface area (TPSA) is 69.7 Å². The van der Waals surface area contributed by atoms with Gasteiger partial charge in [0.15, 0.2) is 0 Å². The van der Waals surface area contributed by atoms with E-state index in [2.05, 4.69) is 5.32 Å². The summed E-state index contributed by atoms with van der Waals surface area (Å²) in [6, 6.07) is 9.33. The average Bonchev–Trinajstić information content (AvgIpc) is 3.22. The fourth-order valence-corrected chi connectivity index (χ4v) is 4.16. The predicted molar refractivity (Wildman–Crippen MR) is 107 cm³/mol. The van der Waals surface area contributed by atoms with Crippen molar-refractivity contribution in [2.45, 2.75) is 51.5 Å². The summed E-state index contributed by atoms with van der Waals surface area (Å²) in [7, 11) is 0. The van der Waals surface area contributed by atoms with Gasteiger partial charge in [-0.2, -0.15) is 0 Å². The molecule has 2 fully saturated rings. The minimum Gasteiger partial charge on any atom is -0.356 e. The Bertz CT molecular complexity index is 684. The largest absolute Gasteiger partial charge is 0.356 e. The van der Waals surface area contributed by atoms with Crippen LogP contribution in [0, 0.1) is 5.92 Å². The summed E-state index contributed by atoms with van der Waals surface area (Å²) in [5.74, 6) is 0.173. The zero-order chi connectivity index (χ0) is 19.9. The molecule has 2 aliphatic heterocycles. The molecule has 1 N–H and O–H groups in total. The number of hydrogen-bond acceptors (Lipinski definition) is 3. The number of carbonyl (C=O) groups is 3. The van der Waals surface area contributed by atoms with Gasteiger partial charge < -0.3 is 15.1 Å². The summed E-state index contributed by atoms with van der Waals surface area (Å²) >= 11 is 0. The first-order valence-corrected chi connectivity index (χ1v) is 10.5. The van der Waals surface area contributed by atoms with E-state index in [1.807, 2.05) is 42.2 Å². The van der Waals surface area contributed by atoms with Crippen molar-refractivity contribution < 1.29 is 14.4 Å². The lowest BCUT2D eigenvalue weighted by Crippen LogP contribution is -2.51. The van der Waals surface area contributed by atoms with Gasteiger partial charge in [0.1, 0.15) is 6.04 Å². The maximum Gasteiger partial charge on any atom is 0.245 e. The summed E-state index contributed by atoms with van der Waals surface area (Å²) in [5.41, 5.74) is 0.976. The van der Waals surface area contributed by atoms with Crippen molar-refractivity contribution in [2.75, 3.05) is 26.2 Å². The molecule has 1 atom stereocenters. The van der Waals surface area contributed by atoms with Crippen LogP contribution in [0.5, 0.6) is 0 Å². The Morgan fingerprint density at radius 2 is 1.75 bits per heavy atom. The van der Waals surface area contributed by atoms with Gasteiger partial charge in [0, 0.05) is 32.1 Å². The van der Waals surface area contributed by atoms with E-state index in [0.29, 0.717) is 45.4 Å². The van der Waals surface area contributed by atoms with Crippen LogP contribution in [0.3, 0.4) is 0 Å². The minimum absolute atomic E-state index is 0.00464. The molecule has 0 bridgehead atoms. The SMILES string of the molecule is CCCNC(=O)C1CCN(C(=O)C2CCCN2C(=O)Cc2ccccc2)CC1.